The Bertz CT molecular complexity index is 687. The third-order valence-corrected chi connectivity index (χ3v) is 5.42. The van der Waals surface area contributed by atoms with Gasteiger partial charge in [0.15, 0.2) is 0 Å². The molecule has 1 aliphatic heterocycles. The highest BCUT2D eigenvalue weighted by Gasteiger charge is 2.36. The van der Waals surface area contributed by atoms with Crippen molar-refractivity contribution < 1.29 is 9.90 Å². The first-order valence-corrected chi connectivity index (χ1v) is 8.77. The molecule has 120 valence electrons. The molecule has 3 nitrogen and oxygen atoms in total. The highest BCUT2D eigenvalue weighted by atomic mass is 32.2. The summed E-state index contributed by atoms with van der Waals surface area (Å²) in [7, 11) is 0. The maximum atomic E-state index is 13.1. The number of hydrogen-bond acceptors (Lipinski definition) is 3. The number of fused-ring (bicyclic) bond motifs is 1. The molecule has 1 N–H and O–H groups in total. The molecule has 2 aromatic rings. The molecule has 0 aromatic heterocycles. The normalized spacial score (nSPS) is 20.0. The molecular weight excluding hydrogens is 306 g/mol. The molecule has 0 saturated heterocycles. The van der Waals surface area contributed by atoms with Crippen LogP contribution in [-0.4, -0.2) is 28.1 Å². The molecular formula is C19H21NO2S. The summed E-state index contributed by atoms with van der Waals surface area (Å²) in [5, 5.41) is 9.68. The molecule has 0 bridgehead atoms. The summed E-state index contributed by atoms with van der Waals surface area (Å²) in [6.45, 7) is 3.78. The van der Waals surface area contributed by atoms with Crippen molar-refractivity contribution in [1.29, 1.82) is 0 Å². The van der Waals surface area contributed by atoms with E-state index in [-0.39, 0.29) is 17.3 Å². The highest BCUT2D eigenvalue weighted by Crippen LogP contribution is 2.45. The first-order chi connectivity index (χ1) is 11.1. The van der Waals surface area contributed by atoms with E-state index in [1.54, 1.807) is 18.7 Å². The minimum atomic E-state index is -0.434. The second kappa shape index (κ2) is 6.77. The summed E-state index contributed by atoms with van der Waals surface area (Å²) in [6.07, 6.45) is 0.133. The monoisotopic (exact) mass is 327 g/mol. The summed E-state index contributed by atoms with van der Waals surface area (Å²) in [4.78, 5) is 16.0. The predicted molar refractivity (Wildman–Crippen MR) is 93.4 cm³/mol. The van der Waals surface area contributed by atoms with Crippen LogP contribution in [0.15, 0.2) is 59.5 Å². The van der Waals surface area contributed by atoms with E-state index in [0.717, 1.165) is 16.0 Å². The van der Waals surface area contributed by atoms with Crippen LogP contribution in [0.5, 0.6) is 0 Å². The number of aliphatic hydroxyl groups excluding tert-OH is 1. The molecule has 2 aromatic carbocycles. The maximum Gasteiger partial charge on any atom is 0.256 e. The van der Waals surface area contributed by atoms with Crippen molar-refractivity contribution in [3.05, 3.63) is 65.7 Å². The lowest BCUT2D eigenvalue weighted by atomic mass is 10.1. The van der Waals surface area contributed by atoms with Crippen molar-refractivity contribution in [3.63, 3.8) is 0 Å². The van der Waals surface area contributed by atoms with E-state index in [1.165, 1.54) is 0 Å². The van der Waals surface area contributed by atoms with Crippen LogP contribution in [0.1, 0.15) is 41.6 Å². The average molecular weight is 327 g/mol. The molecule has 1 heterocycles. The Morgan fingerprint density at radius 2 is 1.74 bits per heavy atom. The van der Waals surface area contributed by atoms with Crippen molar-refractivity contribution in [2.75, 3.05) is 0 Å². The van der Waals surface area contributed by atoms with Gasteiger partial charge in [0, 0.05) is 10.9 Å². The van der Waals surface area contributed by atoms with Crippen LogP contribution in [0.4, 0.5) is 0 Å². The van der Waals surface area contributed by atoms with Gasteiger partial charge in [0.2, 0.25) is 0 Å². The van der Waals surface area contributed by atoms with Crippen molar-refractivity contribution in [2.45, 2.75) is 42.7 Å². The van der Waals surface area contributed by atoms with Crippen LogP contribution >= 0.6 is 11.8 Å². The molecule has 1 aliphatic rings. The second-order valence-electron chi connectivity index (χ2n) is 6.02. The molecule has 3 atom stereocenters. The van der Waals surface area contributed by atoms with Gasteiger partial charge in [-0.25, -0.2) is 0 Å². The van der Waals surface area contributed by atoms with Gasteiger partial charge in [-0.3, -0.25) is 4.79 Å². The summed E-state index contributed by atoms with van der Waals surface area (Å²) in [6, 6.07) is 17.8. The van der Waals surface area contributed by atoms with Crippen molar-refractivity contribution in [3.8, 4) is 0 Å². The number of amides is 1. The topological polar surface area (TPSA) is 40.5 Å². The van der Waals surface area contributed by atoms with Gasteiger partial charge >= 0.3 is 0 Å². The molecule has 0 aliphatic carbocycles. The fourth-order valence-electron chi connectivity index (χ4n) is 3.05. The molecule has 0 radical (unpaired) electrons. The van der Waals surface area contributed by atoms with Gasteiger partial charge in [-0.05, 0) is 38.0 Å². The molecule has 4 heteroatoms. The lowest BCUT2D eigenvalue weighted by Crippen LogP contribution is -2.43. The van der Waals surface area contributed by atoms with Gasteiger partial charge < -0.3 is 10.0 Å². The number of benzene rings is 2. The Hall–Kier alpha value is -1.78. The first-order valence-electron chi connectivity index (χ1n) is 7.89. The number of aliphatic hydroxyl groups is 1. The van der Waals surface area contributed by atoms with E-state index in [2.05, 4.69) is 12.1 Å². The van der Waals surface area contributed by atoms with Crippen molar-refractivity contribution >= 4 is 17.7 Å². The number of thioether (sulfide) groups is 1. The number of rotatable bonds is 4. The summed E-state index contributed by atoms with van der Waals surface area (Å²) >= 11 is 1.70. The molecule has 1 amide bonds. The maximum absolute atomic E-state index is 13.1. The number of hydrogen-bond donors (Lipinski definition) is 1. The zero-order chi connectivity index (χ0) is 16.4. The molecule has 0 fully saturated rings. The van der Waals surface area contributed by atoms with Gasteiger partial charge in [-0.15, -0.1) is 0 Å². The molecule has 0 spiro atoms. The zero-order valence-electron chi connectivity index (χ0n) is 13.3. The fraction of sp³-hybridized carbons (Fsp3) is 0.316. The fourth-order valence-corrected chi connectivity index (χ4v) is 4.44. The Morgan fingerprint density at radius 3 is 2.43 bits per heavy atom. The largest absolute Gasteiger partial charge is 0.393 e. The lowest BCUT2D eigenvalue weighted by molar-refractivity contribution is 0.0583. The Morgan fingerprint density at radius 1 is 1.09 bits per heavy atom. The van der Waals surface area contributed by atoms with E-state index in [0.29, 0.717) is 6.42 Å². The van der Waals surface area contributed by atoms with E-state index < -0.39 is 6.10 Å². The van der Waals surface area contributed by atoms with Crippen LogP contribution in [-0.2, 0) is 0 Å². The van der Waals surface area contributed by atoms with Crippen LogP contribution in [0, 0.1) is 0 Å². The third kappa shape index (κ3) is 3.28. The summed E-state index contributed by atoms with van der Waals surface area (Å²) in [5.41, 5.74) is 1.86. The standard InChI is InChI=1S/C19H21NO2S/c1-13(12-14(2)21)20-18(22)16-10-6-7-11-17(16)23-19(20)15-8-4-3-5-9-15/h3-11,13-14,19,21H,12H2,1-2H3. The van der Waals surface area contributed by atoms with Gasteiger partial charge in [0.25, 0.3) is 5.91 Å². The Labute approximate surface area is 141 Å². The quantitative estimate of drug-likeness (QED) is 0.919. The van der Waals surface area contributed by atoms with E-state index in [9.17, 15) is 9.90 Å². The first kappa shape index (κ1) is 16.1. The number of carbonyl (C=O) groups excluding carboxylic acids is 1. The van der Waals surface area contributed by atoms with Crippen molar-refractivity contribution in [2.24, 2.45) is 0 Å². The Kier molecular flexibility index (Phi) is 4.74. The summed E-state index contributed by atoms with van der Waals surface area (Å²) in [5.74, 6) is 0.0429. The van der Waals surface area contributed by atoms with E-state index in [1.807, 2.05) is 54.3 Å². The van der Waals surface area contributed by atoms with Crippen LogP contribution < -0.4 is 0 Å². The molecule has 3 rings (SSSR count). The SMILES string of the molecule is CC(O)CC(C)N1C(=O)c2ccccc2SC1c1ccccc1. The predicted octanol–water partition coefficient (Wildman–Crippen LogP) is 4.09. The zero-order valence-corrected chi connectivity index (χ0v) is 14.2. The second-order valence-corrected chi connectivity index (χ2v) is 7.15. The van der Waals surface area contributed by atoms with E-state index >= 15 is 0 Å². The summed E-state index contributed by atoms with van der Waals surface area (Å²) < 4.78 is 0. The smallest absolute Gasteiger partial charge is 0.256 e. The van der Waals surface area contributed by atoms with Crippen molar-refractivity contribution in [1.82, 2.24) is 4.90 Å². The van der Waals surface area contributed by atoms with Crippen LogP contribution in [0.25, 0.3) is 0 Å². The number of carbonyl (C=O) groups is 1. The Balaban J connectivity index is 2.02. The third-order valence-electron chi connectivity index (χ3n) is 4.09. The molecule has 0 saturated carbocycles. The van der Waals surface area contributed by atoms with Gasteiger partial charge in [-0.2, -0.15) is 0 Å². The lowest BCUT2D eigenvalue weighted by Gasteiger charge is -2.40. The van der Waals surface area contributed by atoms with Crippen LogP contribution in [0.2, 0.25) is 0 Å². The minimum absolute atomic E-state index is 0.0337. The van der Waals surface area contributed by atoms with E-state index in [4.69, 9.17) is 0 Å². The minimum Gasteiger partial charge on any atom is -0.393 e. The molecule has 23 heavy (non-hydrogen) atoms. The average Bonchev–Trinajstić information content (AvgIpc) is 2.55. The highest BCUT2D eigenvalue weighted by molar-refractivity contribution is 7.99. The number of nitrogens with zero attached hydrogens (tertiary/aromatic N) is 1. The van der Waals surface area contributed by atoms with Gasteiger partial charge in [0.05, 0.1) is 11.7 Å². The van der Waals surface area contributed by atoms with Gasteiger partial charge in [-0.1, -0.05) is 54.2 Å². The molecule has 3 unspecified atom stereocenters. The van der Waals surface area contributed by atoms with Gasteiger partial charge in [0.1, 0.15) is 5.37 Å². The van der Waals surface area contributed by atoms with Crippen LogP contribution in [0.3, 0.4) is 0 Å².